The number of alkyl halides is 3. The van der Waals surface area contributed by atoms with Gasteiger partial charge in [0.25, 0.3) is 0 Å². The van der Waals surface area contributed by atoms with Crippen LogP contribution in [0.25, 0.3) is 0 Å². The molecule has 1 amide bonds. The molecular weight excluding hydrogens is 203 g/mol. The molecular formula is C7H12F3NO3. The highest BCUT2D eigenvalue weighted by molar-refractivity contribution is 5.75. The van der Waals surface area contributed by atoms with Crippen LogP contribution in [0.4, 0.5) is 13.2 Å². The Hall–Kier alpha value is -0.820. The first-order valence-corrected chi connectivity index (χ1v) is 3.98. The average molecular weight is 215 g/mol. The minimum Gasteiger partial charge on any atom is -0.395 e. The normalized spacial score (nSPS) is 11.4. The Labute approximate surface area is 79.0 Å². The molecule has 0 aromatic rings. The number of carbonyl (C=O) groups excluding carboxylic acids is 1. The van der Waals surface area contributed by atoms with Crippen LogP contribution in [0.3, 0.4) is 0 Å². The zero-order valence-corrected chi connectivity index (χ0v) is 7.43. The van der Waals surface area contributed by atoms with Crippen molar-refractivity contribution in [3.63, 3.8) is 0 Å². The van der Waals surface area contributed by atoms with Crippen molar-refractivity contribution in [1.29, 1.82) is 0 Å². The van der Waals surface area contributed by atoms with Gasteiger partial charge in [-0.2, -0.15) is 13.2 Å². The molecule has 0 fully saturated rings. The number of amides is 1. The maximum atomic E-state index is 11.5. The SMILES string of the molecule is O=C(CCOCC(F)(F)F)NCCO. The van der Waals surface area contributed by atoms with Gasteiger partial charge in [-0.15, -0.1) is 0 Å². The smallest absolute Gasteiger partial charge is 0.395 e. The van der Waals surface area contributed by atoms with Gasteiger partial charge in [0.1, 0.15) is 6.61 Å². The lowest BCUT2D eigenvalue weighted by Gasteiger charge is -2.07. The van der Waals surface area contributed by atoms with Crippen molar-refractivity contribution in [2.24, 2.45) is 0 Å². The van der Waals surface area contributed by atoms with Gasteiger partial charge in [-0.05, 0) is 0 Å². The number of aliphatic hydroxyl groups is 1. The molecule has 0 heterocycles. The summed E-state index contributed by atoms with van der Waals surface area (Å²) in [6.07, 6.45) is -4.50. The summed E-state index contributed by atoms with van der Waals surface area (Å²) in [5.74, 6) is -0.443. The fourth-order valence-corrected chi connectivity index (χ4v) is 0.636. The molecule has 7 heteroatoms. The van der Waals surface area contributed by atoms with Crippen molar-refractivity contribution in [3.8, 4) is 0 Å². The fraction of sp³-hybridized carbons (Fsp3) is 0.857. The van der Waals surface area contributed by atoms with Crippen molar-refractivity contribution >= 4 is 5.91 Å². The van der Waals surface area contributed by atoms with Gasteiger partial charge in [-0.25, -0.2) is 0 Å². The maximum Gasteiger partial charge on any atom is 0.411 e. The molecule has 0 bridgehead atoms. The van der Waals surface area contributed by atoms with E-state index >= 15 is 0 Å². The largest absolute Gasteiger partial charge is 0.411 e. The molecule has 0 radical (unpaired) electrons. The maximum absolute atomic E-state index is 11.5. The number of rotatable bonds is 6. The van der Waals surface area contributed by atoms with Crippen LogP contribution in [-0.4, -0.2) is 43.6 Å². The lowest BCUT2D eigenvalue weighted by atomic mass is 10.4. The van der Waals surface area contributed by atoms with Gasteiger partial charge in [0.15, 0.2) is 0 Å². The van der Waals surface area contributed by atoms with Gasteiger partial charge in [0.05, 0.1) is 13.2 Å². The van der Waals surface area contributed by atoms with Crippen molar-refractivity contribution in [2.45, 2.75) is 12.6 Å². The zero-order valence-electron chi connectivity index (χ0n) is 7.43. The predicted molar refractivity (Wildman–Crippen MR) is 41.6 cm³/mol. The Bertz CT molecular complexity index is 172. The van der Waals surface area contributed by atoms with E-state index < -0.39 is 18.7 Å². The second kappa shape index (κ2) is 6.61. The molecule has 0 rings (SSSR count). The molecule has 14 heavy (non-hydrogen) atoms. The van der Waals surface area contributed by atoms with E-state index in [4.69, 9.17) is 5.11 Å². The van der Waals surface area contributed by atoms with Crippen molar-refractivity contribution in [2.75, 3.05) is 26.4 Å². The molecule has 4 nitrogen and oxygen atoms in total. The molecule has 0 spiro atoms. The second-order valence-corrected chi connectivity index (χ2v) is 2.49. The Morgan fingerprint density at radius 2 is 2.07 bits per heavy atom. The number of nitrogens with one attached hydrogen (secondary N) is 1. The molecule has 0 aromatic heterocycles. The van der Waals surface area contributed by atoms with E-state index in [2.05, 4.69) is 10.1 Å². The Morgan fingerprint density at radius 3 is 2.57 bits per heavy atom. The van der Waals surface area contributed by atoms with Gasteiger partial charge in [-0.1, -0.05) is 0 Å². The van der Waals surface area contributed by atoms with Crippen molar-refractivity contribution in [3.05, 3.63) is 0 Å². The summed E-state index contributed by atoms with van der Waals surface area (Å²) >= 11 is 0. The van der Waals surface area contributed by atoms with Gasteiger partial charge >= 0.3 is 6.18 Å². The number of ether oxygens (including phenoxy) is 1. The van der Waals surface area contributed by atoms with Crippen LogP contribution < -0.4 is 5.32 Å². The quantitative estimate of drug-likeness (QED) is 0.616. The predicted octanol–water partition coefficient (Wildman–Crippen LogP) is 0.0639. The highest BCUT2D eigenvalue weighted by atomic mass is 19.4. The highest BCUT2D eigenvalue weighted by Crippen LogP contribution is 2.14. The first kappa shape index (κ1) is 13.2. The van der Waals surface area contributed by atoms with Gasteiger partial charge < -0.3 is 15.2 Å². The van der Waals surface area contributed by atoms with Crippen LogP contribution >= 0.6 is 0 Å². The second-order valence-electron chi connectivity index (χ2n) is 2.49. The van der Waals surface area contributed by atoms with Crippen LogP contribution in [0, 0.1) is 0 Å². The number of aliphatic hydroxyl groups excluding tert-OH is 1. The third-order valence-corrected chi connectivity index (χ3v) is 1.17. The lowest BCUT2D eigenvalue weighted by Crippen LogP contribution is -2.28. The molecule has 0 aliphatic heterocycles. The van der Waals surface area contributed by atoms with Crippen LogP contribution in [0.15, 0.2) is 0 Å². The molecule has 0 aromatic carbocycles. The monoisotopic (exact) mass is 215 g/mol. The summed E-state index contributed by atoms with van der Waals surface area (Å²) < 4.78 is 38.8. The van der Waals surface area contributed by atoms with Crippen LogP contribution in [0.5, 0.6) is 0 Å². The summed E-state index contributed by atoms with van der Waals surface area (Å²) in [5.41, 5.74) is 0. The molecule has 0 aliphatic carbocycles. The molecule has 2 N–H and O–H groups in total. The third kappa shape index (κ3) is 9.27. The summed E-state index contributed by atoms with van der Waals surface area (Å²) in [6.45, 7) is -1.73. The Morgan fingerprint density at radius 1 is 1.43 bits per heavy atom. The molecule has 0 saturated carbocycles. The summed E-state index contributed by atoms with van der Waals surface area (Å²) in [6, 6.07) is 0. The molecule has 84 valence electrons. The number of hydrogen-bond donors (Lipinski definition) is 2. The third-order valence-electron chi connectivity index (χ3n) is 1.17. The molecule has 0 aliphatic rings. The first-order chi connectivity index (χ1) is 6.45. The Kier molecular flexibility index (Phi) is 6.22. The standard InChI is InChI=1S/C7H12F3NO3/c8-7(9,10)5-14-4-1-6(13)11-2-3-12/h12H,1-5H2,(H,11,13). The number of hydrogen-bond acceptors (Lipinski definition) is 3. The van der Waals surface area contributed by atoms with E-state index in [-0.39, 0.29) is 26.2 Å². The van der Waals surface area contributed by atoms with E-state index in [1.165, 1.54) is 0 Å². The molecule has 0 saturated heterocycles. The van der Waals surface area contributed by atoms with Crippen molar-refractivity contribution in [1.82, 2.24) is 5.32 Å². The van der Waals surface area contributed by atoms with E-state index in [0.29, 0.717) is 0 Å². The van der Waals surface area contributed by atoms with Crippen LogP contribution in [0.2, 0.25) is 0 Å². The lowest BCUT2D eigenvalue weighted by molar-refractivity contribution is -0.174. The van der Waals surface area contributed by atoms with Gasteiger partial charge in [-0.3, -0.25) is 4.79 Å². The minimum absolute atomic E-state index is 0.0953. The van der Waals surface area contributed by atoms with E-state index in [1.54, 1.807) is 0 Å². The Balaban J connectivity index is 3.32. The minimum atomic E-state index is -4.36. The topological polar surface area (TPSA) is 58.6 Å². The van der Waals surface area contributed by atoms with Crippen LogP contribution in [0.1, 0.15) is 6.42 Å². The highest BCUT2D eigenvalue weighted by Gasteiger charge is 2.27. The summed E-state index contributed by atoms with van der Waals surface area (Å²) in [7, 11) is 0. The summed E-state index contributed by atoms with van der Waals surface area (Å²) in [5, 5.41) is 10.6. The number of carbonyl (C=O) groups is 1. The molecule has 0 atom stereocenters. The average Bonchev–Trinajstić information content (AvgIpc) is 2.07. The first-order valence-electron chi connectivity index (χ1n) is 3.98. The van der Waals surface area contributed by atoms with E-state index in [0.717, 1.165) is 0 Å². The zero-order chi connectivity index (χ0) is 11.0. The van der Waals surface area contributed by atoms with Gasteiger partial charge in [0, 0.05) is 13.0 Å². The summed E-state index contributed by atoms with van der Waals surface area (Å²) in [4.78, 5) is 10.7. The van der Waals surface area contributed by atoms with E-state index in [9.17, 15) is 18.0 Å². The molecule has 0 unspecified atom stereocenters. The fourth-order valence-electron chi connectivity index (χ4n) is 0.636. The van der Waals surface area contributed by atoms with Crippen molar-refractivity contribution < 1.29 is 27.8 Å². The number of halogens is 3. The van der Waals surface area contributed by atoms with Crippen LogP contribution in [-0.2, 0) is 9.53 Å². The van der Waals surface area contributed by atoms with E-state index in [1.807, 2.05) is 0 Å². The van der Waals surface area contributed by atoms with Gasteiger partial charge in [0.2, 0.25) is 5.91 Å².